The van der Waals surface area contributed by atoms with Crippen LogP contribution in [0.1, 0.15) is 51.9 Å². The number of aliphatic hydroxyl groups is 1. The number of quaternary nitrogens is 1. The first-order chi connectivity index (χ1) is 6.62. The molecule has 0 fully saturated rings. The molecule has 0 aromatic rings. The average molecular weight is 282 g/mol. The zero-order chi connectivity index (χ0) is 10.9. The van der Waals surface area contributed by atoms with Crippen LogP contribution in [0.3, 0.4) is 0 Å². The van der Waals surface area contributed by atoms with Crippen LogP contribution >= 0.6 is 0 Å². The SMILES string of the molecule is CCCCCCCCC[N+](C)(C)CO.[Br-]. The lowest BCUT2D eigenvalue weighted by molar-refractivity contribution is -0.909. The third-order valence-corrected chi connectivity index (χ3v) is 2.75. The molecule has 0 aliphatic carbocycles. The summed E-state index contributed by atoms with van der Waals surface area (Å²) in [5, 5.41) is 9.04. The Balaban J connectivity index is 0. The molecule has 0 aliphatic heterocycles. The molecule has 0 aliphatic rings. The smallest absolute Gasteiger partial charge is 0.179 e. The number of unbranched alkanes of at least 4 members (excludes halogenated alkanes) is 6. The molecule has 0 heterocycles. The zero-order valence-electron chi connectivity index (χ0n) is 10.6. The van der Waals surface area contributed by atoms with Crippen LogP contribution < -0.4 is 17.0 Å². The minimum absolute atomic E-state index is 0. The number of hydrogen-bond acceptors (Lipinski definition) is 1. The van der Waals surface area contributed by atoms with Gasteiger partial charge >= 0.3 is 0 Å². The molecular formula is C12H28BrNO. The maximum Gasteiger partial charge on any atom is 0.179 e. The van der Waals surface area contributed by atoms with Crippen molar-refractivity contribution in [2.24, 2.45) is 0 Å². The van der Waals surface area contributed by atoms with Gasteiger partial charge in [-0.2, -0.15) is 0 Å². The van der Waals surface area contributed by atoms with Gasteiger partial charge in [0.25, 0.3) is 0 Å². The van der Waals surface area contributed by atoms with E-state index in [9.17, 15) is 0 Å². The molecular weight excluding hydrogens is 254 g/mol. The third kappa shape index (κ3) is 12.3. The minimum atomic E-state index is 0. The van der Waals surface area contributed by atoms with Gasteiger partial charge in [-0.15, -0.1) is 0 Å². The molecule has 0 unspecified atom stereocenters. The molecule has 0 saturated heterocycles. The van der Waals surface area contributed by atoms with Gasteiger partial charge in [0, 0.05) is 0 Å². The average Bonchev–Trinajstić information content (AvgIpc) is 2.16. The highest BCUT2D eigenvalue weighted by Gasteiger charge is 2.11. The maximum absolute atomic E-state index is 9.04. The topological polar surface area (TPSA) is 20.2 Å². The van der Waals surface area contributed by atoms with Crippen LogP contribution in [0.5, 0.6) is 0 Å². The summed E-state index contributed by atoms with van der Waals surface area (Å²) in [7, 11) is 4.16. The van der Waals surface area contributed by atoms with Crippen molar-refractivity contribution in [3.8, 4) is 0 Å². The minimum Gasteiger partial charge on any atom is -1.00 e. The van der Waals surface area contributed by atoms with Crippen LogP contribution in [0.4, 0.5) is 0 Å². The van der Waals surface area contributed by atoms with Gasteiger partial charge in [-0.3, -0.25) is 0 Å². The van der Waals surface area contributed by atoms with Gasteiger partial charge in [-0.05, 0) is 12.8 Å². The van der Waals surface area contributed by atoms with Gasteiger partial charge < -0.3 is 26.6 Å². The van der Waals surface area contributed by atoms with Gasteiger partial charge in [0.2, 0.25) is 0 Å². The Kier molecular flexibility index (Phi) is 12.9. The van der Waals surface area contributed by atoms with Crippen molar-refractivity contribution in [1.29, 1.82) is 0 Å². The molecule has 0 saturated carbocycles. The third-order valence-electron chi connectivity index (χ3n) is 2.75. The van der Waals surface area contributed by atoms with Crippen LogP contribution in [0.15, 0.2) is 0 Å². The molecule has 15 heavy (non-hydrogen) atoms. The predicted octanol–water partition coefficient (Wildman–Crippen LogP) is -0.233. The van der Waals surface area contributed by atoms with Gasteiger partial charge in [-0.25, -0.2) is 0 Å². The summed E-state index contributed by atoms with van der Waals surface area (Å²) in [4.78, 5) is 0. The Hall–Kier alpha value is 0.400. The molecule has 0 radical (unpaired) electrons. The molecule has 1 N–H and O–H groups in total. The van der Waals surface area contributed by atoms with E-state index in [1.165, 1.54) is 44.9 Å². The molecule has 0 atom stereocenters. The fraction of sp³-hybridized carbons (Fsp3) is 1.00. The van der Waals surface area contributed by atoms with Crippen molar-refractivity contribution in [1.82, 2.24) is 0 Å². The molecule has 0 bridgehead atoms. The Labute approximate surface area is 106 Å². The highest BCUT2D eigenvalue weighted by molar-refractivity contribution is 4.44. The monoisotopic (exact) mass is 281 g/mol. The zero-order valence-corrected chi connectivity index (χ0v) is 12.2. The van der Waals surface area contributed by atoms with Crippen molar-refractivity contribution in [3.05, 3.63) is 0 Å². The molecule has 0 aromatic carbocycles. The molecule has 0 spiro atoms. The van der Waals surface area contributed by atoms with Crippen molar-refractivity contribution in [3.63, 3.8) is 0 Å². The van der Waals surface area contributed by atoms with Gasteiger partial charge in [0.1, 0.15) is 0 Å². The van der Waals surface area contributed by atoms with Crippen molar-refractivity contribution < 1.29 is 26.6 Å². The Morgan fingerprint density at radius 3 is 1.80 bits per heavy atom. The second-order valence-corrected chi connectivity index (χ2v) is 4.92. The highest BCUT2D eigenvalue weighted by atomic mass is 79.9. The summed E-state index contributed by atoms with van der Waals surface area (Å²) in [6.07, 6.45) is 9.44. The molecule has 0 aromatic heterocycles. The van der Waals surface area contributed by atoms with Crippen LogP contribution in [-0.2, 0) is 0 Å². The normalized spacial score (nSPS) is 11.2. The highest BCUT2D eigenvalue weighted by Crippen LogP contribution is 2.08. The summed E-state index contributed by atoms with van der Waals surface area (Å²) in [5.74, 6) is 0. The van der Waals surface area contributed by atoms with Crippen LogP contribution in [0.2, 0.25) is 0 Å². The molecule has 94 valence electrons. The number of nitrogens with zero attached hydrogens (tertiary/aromatic N) is 1. The summed E-state index contributed by atoms with van der Waals surface area (Å²) >= 11 is 0. The fourth-order valence-electron chi connectivity index (χ4n) is 1.57. The fourth-order valence-corrected chi connectivity index (χ4v) is 1.57. The largest absolute Gasteiger partial charge is 1.00 e. The molecule has 0 amide bonds. The van der Waals surface area contributed by atoms with Crippen molar-refractivity contribution >= 4 is 0 Å². The Bertz CT molecular complexity index is 129. The van der Waals surface area contributed by atoms with Gasteiger partial charge in [-0.1, -0.05) is 39.0 Å². The number of halogens is 1. The van der Waals surface area contributed by atoms with Crippen molar-refractivity contribution in [2.75, 3.05) is 27.4 Å². The van der Waals surface area contributed by atoms with Gasteiger partial charge in [0.05, 0.1) is 20.6 Å². The first kappa shape index (κ1) is 17.8. The quantitative estimate of drug-likeness (QED) is 0.352. The number of aliphatic hydroxyl groups excluding tert-OH is 1. The first-order valence-electron chi connectivity index (χ1n) is 6.05. The number of rotatable bonds is 9. The van der Waals surface area contributed by atoms with E-state index in [-0.39, 0.29) is 23.7 Å². The van der Waals surface area contributed by atoms with E-state index in [0.717, 1.165) is 11.0 Å². The van der Waals surface area contributed by atoms with Gasteiger partial charge in [0.15, 0.2) is 6.73 Å². The first-order valence-corrected chi connectivity index (χ1v) is 6.05. The molecule has 2 nitrogen and oxygen atoms in total. The van der Waals surface area contributed by atoms with E-state index < -0.39 is 0 Å². The second-order valence-electron chi connectivity index (χ2n) is 4.92. The van der Waals surface area contributed by atoms with Crippen LogP contribution in [0.25, 0.3) is 0 Å². The molecule has 3 heteroatoms. The standard InChI is InChI=1S/C12H28NO.BrH/c1-4-5-6-7-8-9-10-11-13(2,3)12-14;/h14H,4-12H2,1-3H3;1H/q+1;/p-1. The number of hydrogen-bond donors (Lipinski definition) is 1. The lowest BCUT2D eigenvalue weighted by Gasteiger charge is -2.26. The lowest BCUT2D eigenvalue weighted by atomic mass is 10.1. The van der Waals surface area contributed by atoms with E-state index in [0.29, 0.717) is 0 Å². The van der Waals surface area contributed by atoms with E-state index in [1.807, 2.05) is 0 Å². The summed E-state index contributed by atoms with van der Waals surface area (Å²) in [6.45, 7) is 3.61. The van der Waals surface area contributed by atoms with Crippen molar-refractivity contribution in [2.45, 2.75) is 51.9 Å². The predicted molar refractivity (Wildman–Crippen MR) is 62.1 cm³/mol. The Morgan fingerprint density at radius 2 is 1.33 bits per heavy atom. The van der Waals surface area contributed by atoms with E-state index in [4.69, 9.17) is 5.11 Å². The van der Waals surface area contributed by atoms with E-state index in [1.54, 1.807) is 0 Å². The van der Waals surface area contributed by atoms with E-state index >= 15 is 0 Å². The molecule has 0 rings (SSSR count). The Morgan fingerprint density at radius 1 is 0.867 bits per heavy atom. The van der Waals surface area contributed by atoms with E-state index in [2.05, 4.69) is 21.0 Å². The maximum atomic E-state index is 9.04. The summed E-state index contributed by atoms with van der Waals surface area (Å²) < 4.78 is 0.745. The summed E-state index contributed by atoms with van der Waals surface area (Å²) in [6, 6.07) is 0. The van der Waals surface area contributed by atoms with Crippen LogP contribution in [-0.4, -0.2) is 37.0 Å². The van der Waals surface area contributed by atoms with Crippen LogP contribution in [0, 0.1) is 0 Å². The summed E-state index contributed by atoms with van der Waals surface area (Å²) in [5.41, 5.74) is 0. The lowest BCUT2D eigenvalue weighted by Crippen LogP contribution is -3.00. The second kappa shape index (κ2) is 10.9.